The molecular weight excluding hydrogens is 296 g/mol. The van der Waals surface area contributed by atoms with Crippen molar-refractivity contribution in [3.63, 3.8) is 0 Å². The van der Waals surface area contributed by atoms with Gasteiger partial charge in [0.2, 0.25) is 11.8 Å². The van der Waals surface area contributed by atoms with E-state index in [1.165, 1.54) is 6.92 Å². The van der Waals surface area contributed by atoms with Crippen molar-refractivity contribution in [2.45, 2.75) is 32.6 Å². The minimum absolute atomic E-state index is 0.0499. The number of carbonyl (C=O) groups excluding carboxylic acids is 3. The van der Waals surface area contributed by atoms with Gasteiger partial charge in [0.25, 0.3) is 0 Å². The number of ether oxygens (including phenoxy) is 1. The van der Waals surface area contributed by atoms with Gasteiger partial charge < -0.3 is 15.4 Å². The molecule has 0 fully saturated rings. The topological polar surface area (TPSA) is 84.5 Å². The second kappa shape index (κ2) is 10.4. The number of hydrogen-bond donors (Lipinski definition) is 2. The highest BCUT2D eigenvalue weighted by Crippen LogP contribution is 2.13. The lowest BCUT2D eigenvalue weighted by molar-refractivity contribution is -0.121. The first-order valence-corrected chi connectivity index (χ1v) is 7.71. The van der Waals surface area contributed by atoms with E-state index in [1.54, 1.807) is 31.4 Å². The molecule has 0 bridgehead atoms. The lowest BCUT2D eigenvalue weighted by atomic mass is 10.1. The second-order valence-corrected chi connectivity index (χ2v) is 5.19. The summed E-state index contributed by atoms with van der Waals surface area (Å²) < 4.78 is 5.03. The number of amides is 2. The van der Waals surface area contributed by atoms with Crippen LogP contribution < -0.4 is 15.4 Å². The van der Waals surface area contributed by atoms with E-state index in [4.69, 9.17) is 4.74 Å². The summed E-state index contributed by atoms with van der Waals surface area (Å²) in [5, 5.41) is 5.47. The van der Waals surface area contributed by atoms with E-state index in [2.05, 4.69) is 10.6 Å². The van der Waals surface area contributed by atoms with Crippen molar-refractivity contribution in [2.75, 3.05) is 20.2 Å². The van der Waals surface area contributed by atoms with Crippen molar-refractivity contribution >= 4 is 17.6 Å². The van der Waals surface area contributed by atoms with E-state index in [1.807, 2.05) is 0 Å². The quantitative estimate of drug-likeness (QED) is 0.507. The maximum absolute atomic E-state index is 12.0. The van der Waals surface area contributed by atoms with Crippen LogP contribution in [0.3, 0.4) is 0 Å². The Bertz CT molecular complexity index is 526. The normalized spacial score (nSPS) is 10.0. The van der Waals surface area contributed by atoms with Crippen LogP contribution in [-0.2, 0) is 9.59 Å². The molecule has 6 heteroatoms. The highest BCUT2D eigenvalue weighted by molar-refractivity contribution is 5.98. The standard InChI is InChI=1S/C17H24N2O4/c1-13(20)18-11-3-4-12-19-17(22)10-9-16(21)14-5-7-15(23-2)8-6-14/h5-8H,3-4,9-12H2,1-2H3,(H,18,20)(H,19,22). The molecule has 0 aliphatic heterocycles. The fourth-order valence-corrected chi connectivity index (χ4v) is 1.98. The highest BCUT2D eigenvalue weighted by Gasteiger charge is 2.09. The van der Waals surface area contributed by atoms with Crippen LogP contribution >= 0.6 is 0 Å². The van der Waals surface area contributed by atoms with E-state index in [-0.39, 0.29) is 30.4 Å². The average molecular weight is 320 g/mol. The predicted octanol–water partition coefficient (Wildman–Crippen LogP) is 1.69. The summed E-state index contributed by atoms with van der Waals surface area (Å²) in [5.41, 5.74) is 0.578. The van der Waals surface area contributed by atoms with Gasteiger partial charge in [-0.05, 0) is 37.1 Å². The largest absolute Gasteiger partial charge is 0.497 e. The second-order valence-electron chi connectivity index (χ2n) is 5.19. The van der Waals surface area contributed by atoms with Gasteiger partial charge in [-0.3, -0.25) is 14.4 Å². The van der Waals surface area contributed by atoms with E-state index >= 15 is 0 Å². The Balaban J connectivity index is 2.17. The molecule has 0 atom stereocenters. The zero-order chi connectivity index (χ0) is 17.1. The van der Waals surface area contributed by atoms with Gasteiger partial charge in [-0.2, -0.15) is 0 Å². The molecule has 126 valence electrons. The summed E-state index contributed by atoms with van der Waals surface area (Å²) in [6.45, 7) is 2.64. The minimum atomic E-state index is -0.133. The number of hydrogen-bond acceptors (Lipinski definition) is 4. The molecule has 0 aliphatic rings. The van der Waals surface area contributed by atoms with Crippen LogP contribution in [0.1, 0.15) is 43.0 Å². The zero-order valence-corrected chi connectivity index (χ0v) is 13.7. The number of nitrogens with one attached hydrogen (secondary N) is 2. The number of rotatable bonds is 10. The van der Waals surface area contributed by atoms with E-state index in [0.717, 1.165) is 12.8 Å². The summed E-state index contributed by atoms with van der Waals surface area (Å²) in [7, 11) is 1.57. The third-order valence-electron chi connectivity index (χ3n) is 3.29. The highest BCUT2D eigenvalue weighted by atomic mass is 16.5. The fourth-order valence-electron chi connectivity index (χ4n) is 1.98. The van der Waals surface area contributed by atoms with Crippen molar-refractivity contribution in [2.24, 2.45) is 0 Å². The molecule has 6 nitrogen and oxygen atoms in total. The number of ketones is 1. The first-order chi connectivity index (χ1) is 11.0. The molecular formula is C17H24N2O4. The number of unbranched alkanes of at least 4 members (excludes halogenated alkanes) is 1. The minimum Gasteiger partial charge on any atom is -0.497 e. The molecule has 0 aromatic heterocycles. The maximum Gasteiger partial charge on any atom is 0.220 e. The summed E-state index contributed by atoms with van der Waals surface area (Å²) in [6, 6.07) is 6.84. The van der Waals surface area contributed by atoms with Crippen molar-refractivity contribution in [3.05, 3.63) is 29.8 Å². The summed E-state index contributed by atoms with van der Waals surface area (Å²) in [5.74, 6) is 0.449. The molecule has 0 aliphatic carbocycles. The predicted molar refractivity (Wildman–Crippen MR) is 87.5 cm³/mol. The molecule has 1 rings (SSSR count). The summed E-state index contributed by atoms with van der Waals surface area (Å²) in [6.07, 6.45) is 1.96. The third kappa shape index (κ3) is 7.99. The first kappa shape index (κ1) is 18.7. The van der Waals surface area contributed by atoms with E-state index < -0.39 is 0 Å². The van der Waals surface area contributed by atoms with Gasteiger partial charge in [0.1, 0.15) is 5.75 Å². The van der Waals surface area contributed by atoms with Crippen LogP contribution in [0.5, 0.6) is 5.75 Å². The summed E-state index contributed by atoms with van der Waals surface area (Å²) >= 11 is 0. The van der Waals surface area contributed by atoms with Gasteiger partial charge >= 0.3 is 0 Å². The van der Waals surface area contributed by atoms with Crippen molar-refractivity contribution in [3.8, 4) is 5.75 Å². The van der Waals surface area contributed by atoms with Crippen LogP contribution in [0, 0.1) is 0 Å². The van der Waals surface area contributed by atoms with Gasteiger partial charge in [-0.1, -0.05) is 0 Å². The molecule has 0 radical (unpaired) electrons. The fraction of sp³-hybridized carbons (Fsp3) is 0.471. The lowest BCUT2D eigenvalue weighted by Gasteiger charge is -2.06. The van der Waals surface area contributed by atoms with Crippen LogP contribution in [0.25, 0.3) is 0 Å². The van der Waals surface area contributed by atoms with E-state index in [9.17, 15) is 14.4 Å². The smallest absolute Gasteiger partial charge is 0.220 e. The molecule has 1 aromatic rings. The van der Waals surface area contributed by atoms with Gasteiger partial charge in [0, 0.05) is 38.4 Å². The molecule has 2 N–H and O–H groups in total. The Kier molecular flexibility index (Phi) is 8.42. The molecule has 1 aromatic carbocycles. The molecule has 0 spiro atoms. The number of carbonyl (C=O) groups is 3. The zero-order valence-electron chi connectivity index (χ0n) is 13.7. The lowest BCUT2D eigenvalue weighted by Crippen LogP contribution is -2.26. The Hall–Kier alpha value is -2.37. The Morgan fingerprint density at radius 1 is 0.957 bits per heavy atom. The molecule has 2 amide bonds. The van der Waals surface area contributed by atoms with Gasteiger partial charge in [-0.25, -0.2) is 0 Å². The molecule has 0 saturated carbocycles. The molecule has 23 heavy (non-hydrogen) atoms. The Morgan fingerprint density at radius 3 is 2.13 bits per heavy atom. The monoisotopic (exact) mass is 320 g/mol. The first-order valence-electron chi connectivity index (χ1n) is 7.71. The molecule has 0 unspecified atom stereocenters. The van der Waals surface area contributed by atoms with Crippen molar-refractivity contribution in [1.29, 1.82) is 0 Å². The number of benzene rings is 1. The number of methoxy groups -OCH3 is 1. The maximum atomic E-state index is 12.0. The number of Topliss-reactive ketones (excluding diaryl/α,β-unsaturated/α-hetero) is 1. The summed E-state index contributed by atoms with van der Waals surface area (Å²) in [4.78, 5) is 34.3. The van der Waals surface area contributed by atoms with Crippen molar-refractivity contribution < 1.29 is 19.1 Å². The Morgan fingerprint density at radius 2 is 1.57 bits per heavy atom. The molecule has 0 saturated heterocycles. The van der Waals surface area contributed by atoms with Gasteiger partial charge in [0.05, 0.1) is 7.11 Å². The Labute approximate surface area is 136 Å². The van der Waals surface area contributed by atoms with Crippen LogP contribution in [0.15, 0.2) is 24.3 Å². The van der Waals surface area contributed by atoms with Gasteiger partial charge in [0.15, 0.2) is 5.78 Å². The van der Waals surface area contributed by atoms with Gasteiger partial charge in [-0.15, -0.1) is 0 Å². The van der Waals surface area contributed by atoms with Crippen LogP contribution in [0.4, 0.5) is 0 Å². The van der Waals surface area contributed by atoms with E-state index in [0.29, 0.717) is 24.4 Å². The molecule has 0 heterocycles. The van der Waals surface area contributed by atoms with Crippen LogP contribution in [0.2, 0.25) is 0 Å². The van der Waals surface area contributed by atoms with Crippen LogP contribution in [-0.4, -0.2) is 37.8 Å². The van der Waals surface area contributed by atoms with Crippen molar-refractivity contribution in [1.82, 2.24) is 10.6 Å². The third-order valence-corrected chi connectivity index (χ3v) is 3.29. The average Bonchev–Trinajstić information content (AvgIpc) is 2.55. The SMILES string of the molecule is COc1ccc(C(=O)CCC(=O)NCCCCNC(C)=O)cc1.